The Labute approximate surface area is 178 Å². The fraction of sp³-hybridized carbons (Fsp3) is 0.478. The summed E-state index contributed by atoms with van der Waals surface area (Å²) in [6.45, 7) is 12.1. The molecule has 0 N–H and O–H groups in total. The van der Waals surface area contributed by atoms with E-state index in [1.165, 1.54) is 0 Å². The number of esters is 1. The van der Waals surface area contributed by atoms with Gasteiger partial charge in [0.25, 0.3) is 0 Å². The van der Waals surface area contributed by atoms with Crippen LogP contribution in [0.2, 0.25) is 0 Å². The quantitative estimate of drug-likeness (QED) is 0.558. The van der Waals surface area contributed by atoms with Crippen molar-refractivity contribution >= 4 is 18.6 Å². The molecule has 3 rings (SSSR count). The summed E-state index contributed by atoms with van der Waals surface area (Å²) in [5, 5.41) is 9.83. The molecule has 0 amide bonds. The molecule has 1 aliphatic rings. The summed E-state index contributed by atoms with van der Waals surface area (Å²) in [6.07, 6.45) is 0.637. The molecule has 0 spiro atoms. The van der Waals surface area contributed by atoms with Gasteiger partial charge < -0.3 is 18.6 Å². The second kappa shape index (κ2) is 7.94. The van der Waals surface area contributed by atoms with Crippen LogP contribution < -0.4 is 5.46 Å². The van der Waals surface area contributed by atoms with E-state index in [4.69, 9.17) is 14.0 Å². The molecule has 158 valence electrons. The van der Waals surface area contributed by atoms with Crippen molar-refractivity contribution in [3.8, 4) is 17.2 Å². The van der Waals surface area contributed by atoms with Crippen LogP contribution in [0, 0.1) is 11.3 Å². The lowest BCUT2D eigenvalue weighted by atomic mass is 9.78. The number of carbonyl (C=O) groups excluding carboxylic acids is 1. The topological polar surface area (TPSA) is 73.5 Å². The third-order valence-corrected chi connectivity index (χ3v) is 6.16. The maximum absolute atomic E-state index is 12.7. The number of hydrogen-bond donors (Lipinski definition) is 0. The number of hydrogen-bond acceptors (Lipinski definition) is 5. The maximum atomic E-state index is 12.7. The van der Waals surface area contributed by atoms with Crippen LogP contribution in [0.3, 0.4) is 0 Å². The van der Waals surface area contributed by atoms with Crippen LogP contribution in [0.1, 0.15) is 63.3 Å². The average molecular weight is 408 g/mol. The van der Waals surface area contributed by atoms with Gasteiger partial charge in [0.2, 0.25) is 0 Å². The van der Waals surface area contributed by atoms with Crippen molar-refractivity contribution < 1.29 is 18.8 Å². The predicted octanol–water partition coefficient (Wildman–Crippen LogP) is 3.60. The van der Waals surface area contributed by atoms with E-state index >= 15 is 0 Å². The molecule has 6 nitrogen and oxygen atoms in total. The van der Waals surface area contributed by atoms with E-state index in [-0.39, 0.29) is 6.61 Å². The van der Waals surface area contributed by atoms with E-state index in [0.717, 1.165) is 16.7 Å². The van der Waals surface area contributed by atoms with Crippen LogP contribution in [-0.2, 0) is 27.5 Å². The summed E-state index contributed by atoms with van der Waals surface area (Å²) in [7, 11) is 1.33. The molecule has 0 atom stereocenters. The second-order valence-electron chi connectivity index (χ2n) is 8.50. The first-order chi connectivity index (χ1) is 14.1. The normalized spacial score (nSPS) is 17.1. The predicted molar refractivity (Wildman–Crippen MR) is 117 cm³/mol. The average Bonchev–Trinajstić information content (AvgIpc) is 3.10. The van der Waals surface area contributed by atoms with E-state index < -0.39 is 24.3 Å². The highest BCUT2D eigenvalue weighted by molar-refractivity contribution is 6.62. The summed E-state index contributed by atoms with van der Waals surface area (Å²) >= 11 is 0. The molecule has 1 fully saturated rings. The summed E-state index contributed by atoms with van der Waals surface area (Å²) in [5.74, 6) is -0.429. The zero-order valence-electron chi connectivity index (χ0n) is 18.8. The number of rotatable bonds is 5. The molecule has 0 unspecified atom stereocenters. The SMILES string of the molecule is CCOC(=O)c1c(-c2ccc(B3OC(C)(C)C(C)(C)O3)cc2)c(C#N)c(CC)n1C. The van der Waals surface area contributed by atoms with Gasteiger partial charge in [0.05, 0.1) is 23.4 Å². The van der Waals surface area contributed by atoms with Crippen LogP contribution in [-0.4, -0.2) is 35.5 Å². The first kappa shape index (κ1) is 22.1. The van der Waals surface area contributed by atoms with Gasteiger partial charge in [-0.15, -0.1) is 0 Å². The van der Waals surface area contributed by atoms with Crippen molar-refractivity contribution in [3.63, 3.8) is 0 Å². The Morgan fingerprint density at radius 3 is 2.17 bits per heavy atom. The van der Waals surface area contributed by atoms with Gasteiger partial charge in [-0.3, -0.25) is 0 Å². The minimum absolute atomic E-state index is 0.271. The van der Waals surface area contributed by atoms with E-state index in [1.54, 1.807) is 18.5 Å². The smallest absolute Gasteiger partial charge is 0.461 e. The Balaban J connectivity index is 2.05. The zero-order valence-corrected chi connectivity index (χ0v) is 18.8. The van der Waals surface area contributed by atoms with Crippen LogP contribution in [0.5, 0.6) is 0 Å². The van der Waals surface area contributed by atoms with Crippen LogP contribution >= 0.6 is 0 Å². The molecule has 0 saturated carbocycles. The summed E-state index contributed by atoms with van der Waals surface area (Å²) in [4.78, 5) is 12.7. The van der Waals surface area contributed by atoms with Gasteiger partial charge in [-0.25, -0.2) is 4.79 Å². The maximum Gasteiger partial charge on any atom is 0.494 e. The molecule has 1 aliphatic heterocycles. The highest BCUT2D eigenvalue weighted by Crippen LogP contribution is 2.37. The van der Waals surface area contributed by atoms with Crippen LogP contribution in [0.25, 0.3) is 11.1 Å². The number of nitriles is 1. The van der Waals surface area contributed by atoms with Gasteiger partial charge >= 0.3 is 13.1 Å². The van der Waals surface area contributed by atoms with Crippen molar-refractivity contribution in [3.05, 3.63) is 41.2 Å². The van der Waals surface area contributed by atoms with Crippen molar-refractivity contribution in [1.82, 2.24) is 4.57 Å². The van der Waals surface area contributed by atoms with Gasteiger partial charge in [0.1, 0.15) is 11.8 Å². The minimum atomic E-state index is -0.467. The van der Waals surface area contributed by atoms with Gasteiger partial charge in [-0.2, -0.15) is 5.26 Å². The summed E-state index contributed by atoms with van der Waals surface area (Å²) < 4.78 is 19.3. The Morgan fingerprint density at radius 1 is 1.13 bits per heavy atom. The third-order valence-electron chi connectivity index (χ3n) is 6.16. The lowest BCUT2D eigenvalue weighted by molar-refractivity contribution is 0.00578. The van der Waals surface area contributed by atoms with E-state index in [9.17, 15) is 10.1 Å². The fourth-order valence-corrected chi connectivity index (χ4v) is 3.77. The number of nitrogens with zero attached hydrogens (tertiary/aromatic N) is 2. The third kappa shape index (κ3) is 3.55. The van der Waals surface area contributed by atoms with Crippen molar-refractivity contribution in [2.45, 2.75) is 59.2 Å². The molecular formula is C23H29BN2O4. The van der Waals surface area contributed by atoms with Gasteiger partial charge in [0, 0.05) is 18.3 Å². The molecule has 7 heteroatoms. The Hall–Kier alpha value is -2.56. The van der Waals surface area contributed by atoms with E-state index in [0.29, 0.717) is 23.2 Å². The lowest BCUT2D eigenvalue weighted by Crippen LogP contribution is -2.41. The molecule has 30 heavy (non-hydrogen) atoms. The molecule has 1 aromatic carbocycles. The molecule has 0 radical (unpaired) electrons. The molecule has 1 saturated heterocycles. The lowest BCUT2D eigenvalue weighted by Gasteiger charge is -2.32. The van der Waals surface area contributed by atoms with Crippen LogP contribution in [0.15, 0.2) is 24.3 Å². The number of benzene rings is 1. The monoisotopic (exact) mass is 408 g/mol. The Morgan fingerprint density at radius 2 is 1.70 bits per heavy atom. The van der Waals surface area contributed by atoms with Gasteiger partial charge in [0.15, 0.2) is 0 Å². The Kier molecular flexibility index (Phi) is 5.86. The number of ether oxygens (including phenoxy) is 1. The summed E-state index contributed by atoms with van der Waals surface area (Å²) in [5.41, 5.74) is 3.15. The Bertz CT molecular complexity index is 984. The van der Waals surface area contributed by atoms with E-state index in [1.807, 2.05) is 58.9 Å². The molecule has 1 aromatic heterocycles. The molecule has 0 aliphatic carbocycles. The van der Waals surface area contributed by atoms with E-state index in [2.05, 4.69) is 6.07 Å². The van der Waals surface area contributed by atoms with Gasteiger partial charge in [-0.1, -0.05) is 31.2 Å². The molecule has 2 heterocycles. The zero-order chi connectivity index (χ0) is 22.3. The summed E-state index contributed by atoms with van der Waals surface area (Å²) in [6, 6.07) is 9.93. The largest absolute Gasteiger partial charge is 0.494 e. The van der Waals surface area contributed by atoms with Crippen molar-refractivity contribution in [2.75, 3.05) is 6.61 Å². The molecular weight excluding hydrogens is 379 g/mol. The first-order valence-corrected chi connectivity index (χ1v) is 10.3. The fourth-order valence-electron chi connectivity index (χ4n) is 3.77. The molecule has 2 aromatic rings. The number of aromatic nitrogens is 1. The highest BCUT2D eigenvalue weighted by Gasteiger charge is 2.51. The number of carbonyl (C=O) groups is 1. The van der Waals surface area contributed by atoms with Crippen molar-refractivity contribution in [1.29, 1.82) is 5.26 Å². The first-order valence-electron chi connectivity index (χ1n) is 10.3. The molecule has 0 bridgehead atoms. The highest BCUT2D eigenvalue weighted by atomic mass is 16.7. The van der Waals surface area contributed by atoms with Crippen molar-refractivity contribution in [2.24, 2.45) is 7.05 Å². The minimum Gasteiger partial charge on any atom is -0.461 e. The van der Waals surface area contributed by atoms with Crippen LogP contribution in [0.4, 0.5) is 0 Å². The van der Waals surface area contributed by atoms with Gasteiger partial charge in [-0.05, 0) is 52.1 Å². The standard InChI is InChI=1S/C23H29BN2O4/c1-8-18-17(14-25)19(20(26(18)7)21(27)28-9-2)15-10-12-16(13-11-15)24-29-22(3,4)23(5,6)30-24/h10-13H,8-9H2,1-7H3. The second-order valence-corrected chi connectivity index (χ2v) is 8.50.